The van der Waals surface area contributed by atoms with Crippen molar-refractivity contribution in [2.24, 2.45) is 5.73 Å². The quantitative estimate of drug-likeness (QED) is 0.749. The van der Waals surface area contributed by atoms with Crippen LogP contribution in [0.2, 0.25) is 0 Å². The fourth-order valence-corrected chi connectivity index (χ4v) is 4.93. The first kappa shape index (κ1) is 15.7. The Hall–Kier alpha value is 0.280. The molecule has 2 aromatic heterocycles. The minimum atomic E-state index is 0.272. The number of hydrogen-bond acceptors (Lipinski definition) is 4. The van der Waals surface area contributed by atoms with Crippen LogP contribution in [-0.2, 0) is 6.54 Å². The first-order valence-corrected chi connectivity index (χ1v) is 9.18. The number of rotatable bonds is 5. The van der Waals surface area contributed by atoms with Gasteiger partial charge in [0.2, 0.25) is 0 Å². The molecule has 0 saturated heterocycles. The van der Waals surface area contributed by atoms with Crippen LogP contribution in [-0.4, -0.2) is 18.5 Å². The monoisotopic (exact) mass is 422 g/mol. The van der Waals surface area contributed by atoms with Crippen LogP contribution in [0.1, 0.15) is 21.4 Å². The summed E-state index contributed by atoms with van der Waals surface area (Å²) in [6.07, 6.45) is 0. The van der Waals surface area contributed by atoms with Crippen LogP contribution >= 0.6 is 54.5 Å². The van der Waals surface area contributed by atoms with E-state index in [1.165, 1.54) is 23.6 Å². The zero-order valence-corrected chi connectivity index (χ0v) is 15.6. The lowest BCUT2D eigenvalue weighted by Gasteiger charge is -2.25. The van der Waals surface area contributed by atoms with Gasteiger partial charge < -0.3 is 5.73 Å². The largest absolute Gasteiger partial charge is 0.329 e. The molecule has 0 bridgehead atoms. The summed E-state index contributed by atoms with van der Waals surface area (Å²) in [5.41, 5.74) is 7.29. The van der Waals surface area contributed by atoms with Gasteiger partial charge in [-0.15, -0.1) is 22.7 Å². The highest BCUT2D eigenvalue weighted by atomic mass is 79.9. The number of aryl methyl sites for hydroxylation is 1. The molecule has 19 heavy (non-hydrogen) atoms. The Bertz CT molecular complexity index is 531. The Kier molecular flexibility index (Phi) is 5.63. The van der Waals surface area contributed by atoms with Crippen molar-refractivity contribution in [2.45, 2.75) is 19.5 Å². The Morgan fingerprint density at radius 3 is 2.58 bits per heavy atom. The fraction of sp³-hybridized carbons (Fsp3) is 0.385. The highest BCUT2D eigenvalue weighted by Crippen LogP contribution is 2.33. The second kappa shape index (κ2) is 6.83. The second-order valence-corrected chi connectivity index (χ2v) is 8.91. The van der Waals surface area contributed by atoms with Crippen LogP contribution in [0.4, 0.5) is 0 Å². The standard InChI is InChI=1S/C13H16Br2N2S2/c1-8-10(14)4-12(19-8)11(5-16)17(2)6-9-3-13(15)18-7-9/h3-4,7,11H,5-6,16H2,1-2H3. The van der Waals surface area contributed by atoms with Crippen molar-refractivity contribution in [1.29, 1.82) is 0 Å². The maximum absolute atomic E-state index is 5.97. The van der Waals surface area contributed by atoms with Crippen molar-refractivity contribution in [2.75, 3.05) is 13.6 Å². The van der Waals surface area contributed by atoms with Gasteiger partial charge in [-0.2, -0.15) is 0 Å². The molecule has 0 fully saturated rings. The first-order valence-electron chi connectivity index (χ1n) is 5.90. The lowest BCUT2D eigenvalue weighted by atomic mass is 10.2. The predicted molar refractivity (Wildman–Crippen MR) is 92.0 cm³/mol. The Labute approximate surface area is 138 Å². The molecule has 0 aromatic carbocycles. The average molecular weight is 424 g/mol. The topological polar surface area (TPSA) is 29.3 Å². The van der Waals surface area contributed by atoms with Gasteiger partial charge in [0.25, 0.3) is 0 Å². The summed E-state index contributed by atoms with van der Waals surface area (Å²) in [5.74, 6) is 0. The molecule has 2 N–H and O–H groups in total. The van der Waals surface area contributed by atoms with Crippen LogP contribution in [0.15, 0.2) is 25.8 Å². The van der Waals surface area contributed by atoms with Crippen molar-refractivity contribution < 1.29 is 0 Å². The fourth-order valence-electron chi connectivity index (χ4n) is 1.99. The van der Waals surface area contributed by atoms with Gasteiger partial charge in [0.1, 0.15) is 0 Å². The van der Waals surface area contributed by atoms with Crippen molar-refractivity contribution in [1.82, 2.24) is 4.90 Å². The minimum Gasteiger partial charge on any atom is -0.329 e. The van der Waals surface area contributed by atoms with E-state index in [4.69, 9.17) is 5.73 Å². The molecule has 0 aliphatic carbocycles. The number of nitrogens with two attached hydrogens (primary N) is 1. The average Bonchev–Trinajstić information content (AvgIpc) is 2.88. The molecule has 0 aliphatic heterocycles. The van der Waals surface area contributed by atoms with Crippen molar-refractivity contribution >= 4 is 54.5 Å². The SMILES string of the molecule is Cc1sc(C(CN)N(C)Cc2csc(Br)c2)cc1Br. The van der Waals surface area contributed by atoms with E-state index >= 15 is 0 Å². The van der Waals surface area contributed by atoms with E-state index in [1.54, 1.807) is 11.3 Å². The third kappa shape index (κ3) is 3.89. The number of likely N-dealkylation sites (N-methyl/N-ethyl adjacent to an activating group) is 1. The lowest BCUT2D eigenvalue weighted by molar-refractivity contribution is 0.245. The molecule has 0 amide bonds. The molecule has 0 spiro atoms. The first-order chi connectivity index (χ1) is 9.01. The van der Waals surface area contributed by atoms with E-state index in [0.29, 0.717) is 6.54 Å². The third-order valence-corrected chi connectivity index (χ3v) is 6.80. The zero-order chi connectivity index (χ0) is 14.0. The third-order valence-electron chi connectivity index (χ3n) is 3.01. The molecule has 1 atom stereocenters. The van der Waals surface area contributed by atoms with Gasteiger partial charge in [-0.3, -0.25) is 4.90 Å². The van der Waals surface area contributed by atoms with Gasteiger partial charge in [0.15, 0.2) is 0 Å². The Morgan fingerprint density at radius 1 is 1.37 bits per heavy atom. The van der Waals surface area contributed by atoms with Gasteiger partial charge >= 0.3 is 0 Å². The van der Waals surface area contributed by atoms with E-state index < -0.39 is 0 Å². The predicted octanol–water partition coefficient (Wildman–Crippen LogP) is 4.77. The normalized spacial score (nSPS) is 13.2. The van der Waals surface area contributed by atoms with Crippen molar-refractivity contribution in [3.63, 3.8) is 0 Å². The van der Waals surface area contributed by atoms with Gasteiger partial charge in [0, 0.05) is 27.3 Å². The number of hydrogen-bond donors (Lipinski definition) is 1. The molecule has 0 saturated carbocycles. The minimum absolute atomic E-state index is 0.272. The van der Waals surface area contributed by atoms with E-state index in [9.17, 15) is 0 Å². The lowest BCUT2D eigenvalue weighted by Crippen LogP contribution is -2.29. The molecule has 2 rings (SSSR count). The molecule has 104 valence electrons. The molecule has 1 unspecified atom stereocenters. The summed E-state index contributed by atoms with van der Waals surface area (Å²) >= 11 is 10.6. The second-order valence-electron chi connectivity index (χ2n) is 4.48. The van der Waals surface area contributed by atoms with Crippen LogP contribution in [0.25, 0.3) is 0 Å². The van der Waals surface area contributed by atoms with Gasteiger partial charge in [0.05, 0.1) is 9.83 Å². The van der Waals surface area contributed by atoms with Crippen LogP contribution in [0.5, 0.6) is 0 Å². The van der Waals surface area contributed by atoms with Gasteiger partial charge in [-0.25, -0.2) is 0 Å². The molecular formula is C13H16Br2N2S2. The molecule has 2 aromatic rings. The number of thiophene rings is 2. The van der Waals surface area contributed by atoms with E-state index in [0.717, 1.165) is 6.54 Å². The Balaban J connectivity index is 2.12. The maximum atomic E-state index is 5.97. The van der Waals surface area contributed by atoms with Crippen molar-refractivity contribution in [3.05, 3.63) is 41.1 Å². The molecule has 2 nitrogen and oxygen atoms in total. The summed E-state index contributed by atoms with van der Waals surface area (Å²) < 4.78 is 2.35. The molecule has 2 heterocycles. The van der Waals surface area contributed by atoms with E-state index in [2.05, 4.69) is 68.2 Å². The zero-order valence-electron chi connectivity index (χ0n) is 10.8. The van der Waals surface area contributed by atoms with E-state index in [1.807, 2.05) is 11.3 Å². The smallest absolute Gasteiger partial charge is 0.0701 e. The molecule has 0 aliphatic rings. The van der Waals surface area contributed by atoms with Crippen LogP contribution < -0.4 is 5.73 Å². The van der Waals surface area contributed by atoms with E-state index in [-0.39, 0.29) is 6.04 Å². The van der Waals surface area contributed by atoms with Gasteiger partial charge in [-0.1, -0.05) is 0 Å². The summed E-state index contributed by atoms with van der Waals surface area (Å²) in [6.45, 7) is 3.68. The Morgan fingerprint density at radius 2 is 2.11 bits per heavy atom. The highest BCUT2D eigenvalue weighted by molar-refractivity contribution is 9.11. The number of halogens is 2. The summed E-state index contributed by atoms with van der Waals surface area (Å²) in [6, 6.07) is 4.63. The molecule has 0 radical (unpaired) electrons. The summed E-state index contributed by atoms with van der Waals surface area (Å²) in [7, 11) is 2.13. The molecule has 6 heteroatoms. The number of nitrogens with zero attached hydrogens (tertiary/aromatic N) is 1. The highest BCUT2D eigenvalue weighted by Gasteiger charge is 2.19. The van der Waals surface area contributed by atoms with Crippen LogP contribution in [0.3, 0.4) is 0 Å². The van der Waals surface area contributed by atoms with Crippen molar-refractivity contribution in [3.8, 4) is 0 Å². The van der Waals surface area contributed by atoms with Crippen LogP contribution in [0, 0.1) is 6.92 Å². The molecular weight excluding hydrogens is 408 g/mol. The summed E-state index contributed by atoms with van der Waals surface area (Å²) in [5, 5.41) is 2.18. The van der Waals surface area contributed by atoms with Gasteiger partial charge in [-0.05, 0) is 68.9 Å². The summed E-state index contributed by atoms with van der Waals surface area (Å²) in [4.78, 5) is 4.94. The maximum Gasteiger partial charge on any atom is 0.0701 e.